The Bertz CT molecular complexity index is 874. The minimum Gasteiger partial charge on any atom is -0.497 e. The van der Waals surface area contributed by atoms with Crippen LogP contribution < -0.4 is 14.4 Å². The quantitative estimate of drug-likeness (QED) is 0.712. The van der Waals surface area contributed by atoms with Crippen LogP contribution in [0.15, 0.2) is 36.4 Å². The minimum atomic E-state index is -0.527. The highest BCUT2D eigenvalue weighted by Gasteiger charge is 2.39. The normalized spacial score (nSPS) is 15.2. The van der Waals surface area contributed by atoms with Gasteiger partial charge in [0.25, 0.3) is 0 Å². The maximum absolute atomic E-state index is 12.7. The molecule has 28 heavy (non-hydrogen) atoms. The molecular weight excluding hydrogens is 354 g/mol. The number of benzene rings is 2. The summed E-state index contributed by atoms with van der Waals surface area (Å²) in [4.78, 5) is 14.4. The average Bonchev–Trinajstić information content (AvgIpc) is 2.90. The first-order valence-electron chi connectivity index (χ1n) is 9.42. The van der Waals surface area contributed by atoms with Gasteiger partial charge >= 0.3 is 6.09 Å². The van der Waals surface area contributed by atoms with Crippen molar-refractivity contribution in [3.05, 3.63) is 42.0 Å². The number of rotatable bonds is 3. The van der Waals surface area contributed by atoms with Crippen LogP contribution in [0.2, 0.25) is 0 Å². The van der Waals surface area contributed by atoms with Gasteiger partial charge in [-0.1, -0.05) is 19.9 Å². The van der Waals surface area contributed by atoms with Crippen LogP contribution in [0.25, 0.3) is 11.1 Å². The lowest BCUT2D eigenvalue weighted by atomic mass is 9.85. The zero-order chi connectivity index (χ0) is 20.7. The summed E-state index contributed by atoms with van der Waals surface area (Å²) >= 11 is 0. The second-order valence-electron chi connectivity index (χ2n) is 8.78. The molecule has 0 radical (unpaired) electrons. The Kier molecular flexibility index (Phi) is 5.04. The maximum Gasteiger partial charge on any atom is 0.414 e. The lowest BCUT2D eigenvalue weighted by Crippen LogP contribution is -2.38. The molecule has 0 unspecified atom stereocenters. The SMILES string of the molecule is COc1cc(OC)cc(-c2ccc3c(c2)C(C)(C)CN3C(=O)OC(C)(C)C)c1. The molecule has 0 aliphatic carbocycles. The Morgan fingerprint density at radius 3 is 2.11 bits per heavy atom. The molecular formula is C23H29NO4. The lowest BCUT2D eigenvalue weighted by molar-refractivity contribution is 0.0579. The predicted octanol–water partition coefficient (Wildman–Crippen LogP) is 5.40. The standard InChI is InChI=1S/C23H29NO4/c1-22(2,3)28-21(25)24-14-23(4,5)19-12-15(8-9-20(19)24)16-10-17(26-6)13-18(11-16)27-7/h8-13H,14H2,1-7H3. The van der Waals surface area contributed by atoms with Crippen molar-refractivity contribution < 1.29 is 19.0 Å². The molecule has 0 saturated carbocycles. The third-order valence-corrected chi connectivity index (χ3v) is 4.87. The van der Waals surface area contributed by atoms with Gasteiger partial charge in [0.15, 0.2) is 0 Å². The van der Waals surface area contributed by atoms with Gasteiger partial charge in [0.05, 0.1) is 19.9 Å². The highest BCUT2D eigenvalue weighted by Crippen LogP contribution is 2.43. The highest BCUT2D eigenvalue weighted by atomic mass is 16.6. The first kappa shape index (κ1) is 20.1. The van der Waals surface area contributed by atoms with E-state index in [1.807, 2.05) is 51.1 Å². The minimum absolute atomic E-state index is 0.175. The fourth-order valence-corrected chi connectivity index (χ4v) is 3.51. The Hall–Kier alpha value is -2.69. The number of amides is 1. The number of carbonyl (C=O) groups is 1. The molecule has 2 aromatic carbocycles. The molecule has 0 aromatic heterocycles. The summed E-state index contributed by atoms with van der Waals surface area (Å²) in [7, 11) is 3.28. The van der Waals surface area contributed by atoms with Crippen LogP contribution in [0.1, 0.15) is 40.2 Å². The second kappa shape index (κ2) is 7.04. The van der Waals surface area contributed by atoms with Crippen LogP contribution in [0, 0.1) is 0 Å². The Morgan fingerprint density at radius 1 is 0.964 bits per heavy atom. The van der Waals surface area contributed by atoms with Crippen LogP contribution in [0.5, 0.6) is 11.5 Å². The average molecular weight is 383 g/mol. The lowest BCUT2D eigenvalue weighted by Gasteiger charge is -2.25. The van der Waals surface area contributed by atoms with E-state index >= 15 is 0 Å². The maximum atomic E-state index is 12.7. The molecule has 2 aromatic rings. The third kappa shape index (κ3) is 3.93. The van der Waals surface area contributed by atoms with E-state index in [4.69, 9.17) is 14.2 Å². The molecule has 1 aliphatic heterocycles. The van der Waals surface area contributed by atoms with Crippen molar-refractivity contribution >= 4 is 11.8 Å². The van der Waals surface area contributed by atoms with E-state index < -0.39 is 5.60 Å². The van der Waals surface area contributed by atoms with Crippen molar-refractivity contribution in [1.29, 1.82) is 0 Å². The summed E-state index contributed by atoms with van der Waals surface area (Å²) in [6, 6.07) is 12.0. The largest absolute Gasteiger partial charge is 0.497 e. The van der Waals surface area contributed by atoms with E-state index in [0.717, 1.165) is 33.9 Å². The highest BCUT2D eigenvalue weighted by molar-refractivity contribution is 5.92. The van der Waals surface area contributed by atoms with Gasteiger partial charge in [0.1, 0.15) is 17.1 Å². The summed E-state index contributed by atoms with van der Waals surface area (Å²) < 4.78 is 16.4. The summed E-state index contributed by atoms with van der Waals surface area (Å²) in [6.45, 7) is 10.5. The Morgan fingerprint density at radius 2 is 1.57 bits per heavy atom. The van der Waals surface area contributed by atoms with E-state index in [0.29, 0.717) is 6.54 Å². The van der Waals surface area contributed by atoms with Gasteiger partial charge in [0.2, 0.25) is 0 Å². The van der Waals surface area contributed by atoms with E-state index in [-0.39, 0.29) is 11.5 Å². The molecule has 0 atom stereocenters. The van der Waals surface area contributed by atoms with Crippen LogP contribution in [0.4, 0.5) is 10.5 Å². The Balaban J connectivity index is 2.02. The summed E-state index contributed by atoms with van der Waals surface area (Å²) in [5.74, 6) is 1.48. The van der Waals surface area contributed by atoms with Crippen molar-refractivity contribution in [1.82, 2.24) is 0 Å². The van der Waals surface area contributed by atoms with E-state index in [2.05, 4.69) is 19.9 Å². The molecule has 150 valence electrons. The van der Waals surface area contributed by atoms with Gasteiger partial charge in [-0.25, -0.2) is 4.79 Å². The van der Waals surface area contributed by atoms with Gasteiger partial charge in [0, 0.05) is 18.0 Å². The summed E-state index contributed by atoms with van der Waals surface area (Å²) in [5, 5.41) is 0. The topological polar surface area (TPSA) is 48.0 Å². The van der Waals surface area contributed by atoms with Gasteiger partial charge in [-0.3, -0.25) is 4.90 Å². The first-order valence-corrected chi connectivity index (χ1v) is 9.42. The van der Waals surface area contributed by atoms with Gasteiger partial charge in [-0.15, -0.1) is 0 Å². The fraction of sp³-hybridized carbons (Fsp3) is 0.435. The van der Waals surface area contributed by atoms with Crippen LogP contribution >= 0.6 is 0 Å². The molecule has 1 aliphatic rings. The number of hydrogen-bond donors (Lipinski definition) is 0. The number of nitrogens with zero attached hydrogens (tertiary/aromatic N) is 1. The molecule has 0 N–H and O–H groups in total. The summed E-state index contributed by atoms with van der Waals surface area (Å²) in [6.07, 6.45) is -0.310. The molecule has 3 rings (SSSR count). The number of hydrogen-bond acceptors (Lipinski definition) is 4. The number of carbonyl (C=O) groups excluding carboxylic acids is 1. The number of ether oxygens (including phenoxy) is 3. The van der Waals surface area contributed by atoms with Crippen LogP contribution in [-0.4, -0.2) is 32.5 Å². The van der Waals surface area contributed by atoms with E-state index in [1.165, 1.54) is 0 Å². The van der Waals surface area contributed by atoms with Crippen molar-refractivity contribution in [2.24, 2.45) is 0 Å². The van der Waals surface area contributed by atoms with Crippen LogP contribution in [0.3, 0.4) is 0 Å². The molecule has 1 amide bonds. The molecule has 1 heterocycles. The third-order valence-electron chi connectivity index (χ3n) is 4.87. The number of anilines is 1. The van der Waals surface area contributed by atoms with Crippen molar-refractivity contribution in [3.8, 4) is 22.6 Å². The van der Waals surface area contributed by atoms with Gasteiger partial charge in [-0.05, 0) is 61.7 Å². The van der Waals surface area contributed by atoms with Gasteiger partial charge in [-0.2, -0.15) is 0 Å². The molecule has 0 saturated heterocycles. The van der Waals surface area contributed by atoms with Gasteiger partial charge < -0.3 is 14.2 Å². The van der Waals surface area contributed by atoms with Crippen LogP contribution in [-0.2, 0) is 10.2 Å². The number of methoxy groups -OCH3 is 2. The zero-order valence-electron chi connectivity index (χ0n) is 17.8. The van der Waals surface area contributed by atoms with Crippen molar-refractivity contribution in [2.75, 3.05) is 25.7 Å². The zero-order valence-corrected chi connectivity index (χ0v) is 17.8. The molecule has 0 fully saturated rings. The number of fused-ring (bicyclic) bond motifs is 1. The van der Waals surface area contributed by atoms with E-state index in [9.17, 15) is 4.79 Å². The monoisotopic (exact) mass is 383 g/mol. The smallest absolute Gasteiger partial charge is 0.414 e. The van der Waals surface area contributed by atoms with Crippen molar-refractivity contribution in [3.63, 3.8) is 0 Å². The molecule has 5 heteroatoms. The predicted molar refractivity (Wildman–Crippen MR) is 112 cm³/mol. The molecule has 0 spiro atoms. The Labute approximate surface area is 167 Å². The van der Waals surface area contributed by atoms with E-state index in [1.54, 1.807) is 19.1 Å². The molecule has 5 nitrogen and oxygen atoms in total. The second-order valence-corrected chi connectivity index (χ2v) is 8.78. The fourth-order valence-electron chi connectivity index (χ4n) is 3.51. The first-order chi connectivity index (χ1) is 13.0. The summed E-state index contributed by atoms with van der Waals surface area (Å²) in [5.41, 5.74) is 3.38. The molecule has 0 bridgehead atoms. The van der Waals surface area contributed by atoms with Crippen molar-refractivity contribution in [2.45, 2.75) is 45.6 Å².